The zero-order valence-electron chi connectivity index (χ0n) is 15.6. The molecule has 0 unspecified atom stereocenters. The molecule has 6 nitrogen and oxygen atoms in total. The lowest BCUT2D eigenvalue weighted by molar-refractivity contribution is -0.119. The average Bonchev–Trinajstić information content (AvgIpc) is 2.62. The Labute approximate surface area is 175 Å². The van der Waals surface area contributed by atoms with Crippen LogP contribution in [0.4, 0.5) is 5.69 Å². The molecule has 0 aliphatic carbocycles. The van der Waals surface area contributed by atoms with Gasteiger partial charge in [-0.25, -0.2) is 8.42 Å². The van der Waals surface area contributed by atoms with Crippen molar-refractivity contribution in [3.05, 3.63) is 58.1 Å². The van der Waals surface area contributed by atoms with Gasteiger partial charge in [0.05, 0.1) is 10.6 Å². The van der Waals surface area contributed by atoms with Crippen LogP contribution in [0.2, 0.25) is 10.0 Å². The van der Waals surface area contributed by atoms with Crippen molar-refractivity contribution in [3.8, 4) is 0 Å². The molecule has 0 heterocycles. The van der Waals surface area contributed by atoms with Crippen LogP contribution in [-0.4, -0.2) is 41.1 Å². The van der Waals surface area contributed by atoms with Crippen LogP contribution in [0.25, 0.3) is 0 Å². The third-order valence-electron chi connectivity index (χ3n) is 3.88. The van der Waals surface area contributed by atoms with E-state index < -0.39 is 22.5 Å². The predicted molar refractivity (Wildman–Crippen MR) is 112 cm³/mol. The lowest BCUT2D eigenvalue weighted by atomic mass is 10.2. The number of carbonyl (C=O) groups is 1. The fourth-order valence-corrected chi connectivity index (χ4v) is 4.39. The second kappa shape index (κ2) is 10.1. The molecule has 1 N–H and O–H groups in total. The van der Waals surface area contributed by atoms with E-state index in [4.69, 9.17) is 27.9 Å². The van der Waals surface area contributed by atoms with Crippen molar-refractivity contribution in [1.82, 2.24) is 5.32 Å². The van der Waals surface area contributed by atoms with Crippen LogP contribution in [0.15, 0.2) is 47.4 Å². The number of aryl methyl sites for hydroxylation is 1. The molecule has 9 heteroatoms. The Morgan fingerprint density at radius 2 is 1.71 bits per heavy atom. The van der Waals surface area contributed by atoms with Crippen molar-refractivity contribution in [1.29, 1.82) is 0 Å². The largest absolute Gasteiger partial charge is 0.385 e. The lowest BCUT2D eigenvalue weighted by Crippen LogP contribution is -2.41. The van der Waals surface area contributed by atoms with E-state index in [1.807, 2.05) is 6.92 Å². The third-order valence-corrected chi connectivity index (χ3v) is 6.10. The van der Waals surface area contributed by atoms with Crippen molar-refractivity contribution < 1.29 is 17.9 Å². The van der Waals surface area contributed by atoms with Gasteiger partial charge in [-0.05, 0) is 43.7 Å². The summed E-state index contributed by atoms with van der Waals surface area (Å²) >= 11 is 12.1. The second-order valence-corrected chi connectivity index (χ2v) is 8.88. The van der Waals surface area contributed by atoms with E-state index in [9.17, 15) is 13.2 Å². The fraction of sp³-hybridized carbons (Fsp3) is 0.316. The Morgan fingerprint density at radius 1 is 1.11 bits per heavy atom. The molecule has 0 bridgehead atoms. The quantitative estimate of drug-likeness (QED) is 0.598. The number of amides is 1. The summed E-state index contributed by atoms with van der Waals surface area (Å²) in [5.41, 5.74) is 1.14. The van der Waals surface area contributed by atoms with E-state index in [1.54, 1.807) is 19.2 Å². The normalized spacial score (nSPS) is 11.3. The monoisotopic (exact) mass is 444 g/mol. The molecule has 28 heavy (non-hydrogen) atoms. The van der Waals surface area contributed by atoms with Gasteiger partial charge in [-0.3, -0.25) is 9.10 Å². The first kappa shape index (κ1) is 22.5. The Morgan fingerprint density at radius 3 is 2.29 bits per heavy atom. The molecule has 0 aliphatic rings. The SMILES string of the molecule is COCCCNC(=O)CN(c1cc(Cl)cc(Cl)c1)S(=O)(=O)c1ccc(C)cc1. The van der Waals surface area contributed by atoms with Gasteiger partial charge in [-0.1, -0.05) is 40.9 Å². The Hall–Kier alpha value is -1.80. The maximum Gasteiger partial charge on any atom is 0.264 e. The van der Waals surface area contributed by atoms with E-state index in [2.05, 4.69) is 5.32 Å². The first-order valence-corrected chi connectivity index (χ1v) is 10.7. The molecule has 0 saturated heterocycles. The summed E-state index contributed by atoms with van der Waals surface area (Å²) < 4.78 is 32.4. The standard InChI is InChI=1S/C19H22Cl2N2O4S/c1-14-4-6-18(7-5-14)28(25,26)23(13-19(24)22-8-3-9-27-2)17-11-15(20)10-16(21)12-17/h4-7,10-12H,3,8-9,13H2,1-2H3,(H,22,24). The van der Waals surface area contributed by atoms with E-state index in [0.717, 1.165) is 9.87 Å². The summed E-state index contributed by atoms with van der Waals surface area (Å²) in [4.78, 5) is 12.4. The molecule has 152 valence electrons. The molecule has 0 spiro atoms. The topological polar surface area (TPSA) is 75.7 Å². The average molecular weight is 445 g/mol. The van der Waals surface area contributed by atoms with E-state index >= 15 is 0 Å². The van der Waals surface area contributed by atoms with Gasteiger partial charge in [0.25, 0.3) is 10.0 Å². The number of rotatable bonds is 9. The minimum Gasteiger partial charge on any atom is -0.385 e. The highest BCUT2D eigenvalue weighted by molar-refractivity contribution is 7.92. The summed E-state index contributed by atoms with van der Waals surface area (Å²) in [6.07, 6.45) is 0.621. The van der Waals surface area contributed by atoms with Crippen molar-refractivity contribution in [2.45, 2.75) is 18.2 Å². The number of hydrogen-bond donors (Lipinski definition) is 1. The molecule has 0 aromatic heterocycles. The van der Waals surface area contributed by atoms with Crippen molar-refractivity contribution in [2.75, 3.05) is 31.1 Å². The minimum atomic E-state index is -4.00. The van der Waals surface area contributed by atoms with Crippen LogP contribution in [0, 0.1) is 6.92 Å². The van der Waals surface area contributed by atoms with Crippen molar-refractivity contribution in [3.63, 3.8) is 0 Å². The van der Waals surface area contributed by atoms with Crippen molar-refractivity contribution in [2.24, 2.45) is 0 Å². The van der Waals surface area contributed by atoms with Crippen LogP contribution >= 0.6 is 23.2 Å². The number of benzene rings is 2. The number of sulfonamides is 1. The number of hydrogen-bond acceptors (Lipinski definition) is 4. The van der Waals surface area contributed by atoms with E-state index in [-0.39, 0.29) is 20.6 Å². The second-order valence-electron chi connectivity index (χ2n) is 6.15. The van der Waals surface area contributed by atoms with Crippen LogP contribution in [0.5, 0.6) is 0 Å². The number of nitrogens with one attached hydrogen (secondary N) is 1. The summed E-state index contributed by atoms with van der Waals surface area (Å²) in [7, 11) is -2.43. The molecule has 0 aliphatic heterocycles. The van der Waals surface area contributed by atoms with Gasteiger partial charge in [0.1, 0.15) is 6.54 Å². The summed E-state index contributed by atoms with van der Waals surface area (Å²) in [5, 5.41) is 3.23. The number of anilines is 1. The van der Waals surface area contributed by atoms with Gasteiger partial charge in [-0.15, -0.1) is 0 Å². The molecular formula is C19H22Cl2N2O4S. The molecular weight excluding hydrogens is 423 g/mol. The van der Waals surface area contributed by atoms with Crippen molar-refractivity contribution >= 4 is 44.8 Å². The van der Waals surface area contributed by atoms with E-state index in [1.165, 1.54) is 30.3 Å². The molecule has 2 rings (SSSR count). The van der Waals surface area contributed by atoms with Gasteiger partial charge in [-0.2, -0.15) is 0 Å². The zero-order chi connectivity index (χ0) is 20.7. The van der Waals surface area contributed by atoms with Gasteiger partial charge in [0, 0.05) is 30.3 Å². The third kappa shape index (κ3) is 6.10. The number of methoxy groups -OCH3 is 1. The molecule has 0 fully saturated rings. The Bertz CT molecular complexity index is 898. The van der Waals surface area contributed by atoms with E-state index in [0.29, 0.717) is 19.6 Å². The molecule has 1 amide bonds. The maximum atomic E-state index is 13.2. The first-order valence-electron chi connectivity index (χ1n) is 8.55. The molecule has 2 aromatic rings. The number of carbonyl (C=O) groups excluding carboxylic acids is 1. The van der Waals surface area contributed by atoms with Crippen LogP contribution in [-0.2, 0) is 19.6 Å². The minimum absolute atomic E-state index is 0.0707. The number of nitrogens with zero attached hydrogens (tertiary/aromatic N) is 1. The highest BCUT2D eigenvalue weighted by Gasteiger charge is 2.27. The summed E-state index contributed by atoms with van der Waals surface area (Å²) in [5.74, 6) is -0.442. The highest BCUT2D eigenvalue weighted by Crippen LogP contribution is 2.29. The smallest absolute Gasteiger partial charge is 0.264 e. The molecule has 2 aromatic carbocycles. The highest BCUT2D eigenvalue weighted by atomic mass is 35.5. The number of halogens is 2. The van der Waals surface area contributed by atoms with Crippen LogP contribution in [0.1, 0.15) is 12.0 Å². The Kier molecular flexibility index (Phi) is 8.12. The van der Waals surface area contributed by atoms with Gasteiger partial charge < -0.3 is 10.1 Å². The van der Waals surface area contributed by atoms with Crippen LogP contribution in [0.3, 0.4) is 0 Å². The molecule has 0 radical (unpaired) electrons. The predicted octanol–water partition coefficient (Wildman–Crippen LogP) is 3.65. The van der Waals surface area contributed by atoms with Crippen LogP contribution < -0.4 is 9.62 Å². The fourth-order valence-electron chi connectivity index (χ4n) is 2.47. The first-order chi connectivity index (χ1) is 13.2. The maximum absolute atomic E-state index is 13.2. The lowest BCUT2D eigenvalue weighted by Gasteiger charge is -2.24. The summed E-state index contributed by atoms with van der Waals surface area (Å²) in [6.45, 7) is 2.33. The molecule has 0 atom stereocenters. The number of ether oxygens (including phenoxy) is 1. The Balaban J connectivity index is 2.35. The van der Waals surface area contributed by atoms with Gasteiger partial charge in [0.2, 0.25) is 5.91 Å². The zero-order valence-corrected chi connectivity index (χ0v) is 17.9. The van der Waals surface area contributed by atoms with Gasteiger partial charge in [0.15, 0.2) is 0 Å². The van der Waals surface area contributed by atoms with Gasteiger partial charge >= 0.3 is 0 Å². The summed E-state index contributed by atoms with van der Waals surface area (Å²) in [6, 6.07) is 10.8. The molecule has 0 saturated carbocycles.